The van der Waals surface area contributed by atoms with Crippen LogP contribution < -0.4 is 4.74 Å². The van der Waals surface area contributed by atoms with Gasteiger partial charge in [-0.25, -0.2) is 19.2 Å². The number of rotatable bonds is 17. The van der Waals surface area contributed by atoms with Gasteiger partial charge in [0.25, 0.3) is 0 Å². The summed E-state index contributed by atoms with van der Waals surface area (Å²) in [6.45, 7) is 2.31. The Hall–Kier alpha value is -6.95. The summed E-state index contributed by atoms with van der Waals surface area (Å²) in [4.78, 5) is 68.7. The maximum Gasteiger partial charge on any atom is 0.338 e. The predicted octanol–water partition coefficient (Wildman–Crippen LogP) is 6.55. The summed E-state index contributed by atoms with van der Waals surface area (Å²) in [6.07, 6.45) is -14.1. The van der Waals surface area contributed by atoms with E-state index < -0.39 is 97.9 Å². The molecule has 10 atom stereocenters. The number of carbonyl (C=O) groups excluding carboxylic acids is 5. The Balaban J connectivity index is 1.34. The molecular formula is C51H50O16. The van der Waals surface area contributed by atoms with Crippen molar-refractivity contribution in [3.8, 4) is 5.75 Å². The van der Waals surface area contributed by atoms with E-state index in [2.05, 4.69) is 0 Å². The number of methoxy groups -OCH3 is 2. The molecule has 16 nitrogen and oxygen atoms in total. The number of hydrogen-bond acceptors (Lipinski definition) is 16. The first-order valence-corrected chi connectivity index (χ1v) is 21.4. The van der Waals surface area contributed by atoms with Crippen molar-refractivity contribution in [2.45, 2.75) is 81.9 Å². The lowest BCUT2D eigenvalue weighted by Gasteiger charge is -2.48. The van der Waals surface area contributed by atoms with Gasteiger partial charge in [0.1, 0.15) is 30.7 Å². The Morgan fingerprint density at radius 2 is 0.955 bits per heavy atom. The van der Waals surface area contributed by atoms with Crippen LogP contribution in [0.25, 0.3) is 0 Å². The lowest BCUT2D eigenvalue weighted by atomic mass is 9.96. The van der Waals surface area contributed by atoms with Gasteiger partial charge in [-0.15, -0.1) is 0 Å². The fraction of sp³-hybridized carbons (Fsp3) is 0.314. The van der Waals surface area contributed by atoms with Crippen molar-refractivity contribution < 1.29 is 76.1 Å². The van der Waals surface area contributed by atoms with Crippen LogP contribution >= 0.6 is 0 Å². The Morgan fingerprint density at radius 3 is 1.43 bits per heavy atom. The van der Waals surface area contributed by atoms with E-state index >= 15 is 0 Å². The number of hydrogen-bond donors (Lipinski definition) is 0. The van der Waals surface area contributed by atoms with E-state index in [0.29, 0.717) is 5.75 Å². The van der Waals surface area contributed by atoms with E-state index in [9.17, 15) is 24.0 Å². The second-order valence-corrected chi connectivity index (χ2v) is 15.5. The van der Waals surface area contributed by atoms with E-state index in [1.165, 1.54) is 50.4 Å². The van der Waals surface area contributed by atoms with Gasteiger partial charge >= 0.3 is 29.8 Å². The SMILES string of the molecule is COc1ccc(CO[C@@H]2[C@@H](O[C@@H]3O[C@H](COC(=O)c4ccccc4)[C@H](OC(=O)c4ccccc4)[C@H](OC(=O)c4ccccc4)[C@H]3OC(=O)c3ccccc3)[C@@H](OC(C)=O)[C@H](OC)O[C@H]2C)cc1. The highest BCUT2D eigenvalue weighted by atomic mass is 16.8. The monoisotopic (exact) mass is 918 g/mol. The van der Waals surface area contributed by atoms with Crippen molar-refractivity contribution in [3.63, 3.8) is 0 Å². The molecule has 0 radical (unpaired) electrons. The van der Waals surface area contributed by atoms with Gasteiger partial charge in [0.15, 0.2) is 37.0 Å². The summed E-state index contributed by atoms with van der Waals surface area (Å²) in [6, 6.07) is 39.2. The minimum Gasteiger partial charge on any atom is -0.497 e. The number of benzene rings is 5. The highest BCUT2D eigenvalue weighted by Gasteiger charge is 2.57. The average molecular weight is 919 g/mol. The molecule has 0 spiro atoms. The van der Waals surface area contributed by atoms with Crippen molar-refractivity contribution >= 4 is 29.8 Å². The maximum absolute atomic E-state index is 14.2. The van der Waals surface area contributed by atoms with Crippen molar-refractivity contribution in [2.24, 2.45) is 0 Å². The average Bonchev–Trinajstić information content (AvgIpc) is 3.36. The summed E-state index contributed by atoms with van der Waals surface area (Å²) in [5, 5.41) is 0. The Labute approximate surface area is 386 Å². The molecule has 0 N–H and O–H groups in total. The third-order valence-electron chi connectivity index (χ3n) is 10.9. The highest BCUT2D eigenvalue weighted by Crippen LogP contribution is 2.36. The first-order valence-electron chi connectivity index (χ1n) is 21.4. The molecule has 5 aromatic carbocycles. The number of esters is 5. The zero-order valence-electron chi connectivity index (χ0n) is 37.1. The summed E-state index contributed by atoms with van der Waals surface area (Å²) >= 11 is 0. The van der Waals surface area contributed by atoms with Crippen molar-refractivity contribution in [1.29, 1.82) is 0 Å². The minimum atomic E-state index is -1.77. The Bertz CT molecular complexity index is 2400. The number of ether oxygens (including phenoxy) is 11. The van der Waals surface area contributed by atoms with Gasteiger partial charge in [-0.2, -0.15) is 0 Å². The molecule has 350 valence electrons. The van der Waals surface area contributed by atoms with Crippen LogP contribution in [0.2, 0.25) is 0 Å². The van der Waals surface area contributed by atoms with Gasteiger partial charge in [0.2, 0.25) is 0 Å². The van der Waals surface area contributed by atoms with E-state index in [1.54, 1.807) is 123 Å². The molecule has 16 heteroatoms. The molecule has 0 aromatic heterocycles. The van der Waals surface area contributed by atoms with Gasteiger partial charge in [0, 0.05) is 14.0 Å². The summed E-state index contributed by atoms with van der Waals surface area (Å²) in [7, 11) is 2.90. The molecule has 7 rings (SSSR count). The topological polar surface area (TPSA) is 187 Å². The third-order valence-corrected chi connectivity index (χ3v) is 10.9. The van der Waals surface area contributed by atoms with Crippen LogP contribution in [-0.2, 0) is 58.8 Å². The second kappa shape index (κ2) is 23.0. The fourth-order valence-corrected chi connectivity index (χ4v) is 7.57. The van der Waals surface area contributed by atoms with Crippen LogP contribution in [0.3, 0.4) is 0 Å². The van der Waals surface area contributed by atoms with E-state index in [1.807, 2.05) is 0 Å². The summed E-state index contributed by atoms with van der Waals surface area (Å²) in [5.41, 5.74) is 1.26. The smallest absolute Gasteiger partial charge is 0.338 e. The molecule has 2 fully saturated rings. The fourth-order valence-electron chi connectivity index (χ4n) is 7.57. The van der Waals surface area contributed by atoms with Gasteiger partial charge in [-0.3, -0.25) is 4.79 Å². The standard InChI is InChI=1S/C51H50O16/c1-31-40(59-29-33-25-27-38(57-3)28-26-33)42(44(62-32(2)52)50(58-4)61-31)67-51-45(66-49(56)37-23-15-8-16-24-37)43(65-48(55)36-21-13-7-14-22-36)41(64-47(54)35-19-11-6-12-20-35)39(63-51)30-60-46(53)34-17-9-5-10-18-34/h5-28,31,39-45,50-51H,29-30H2,1-4H3/t31-,39+,40-,41-,42+,43-,44+,45+,50+,51-/m0/s1. The van der Waals surface area contributed by atoms with Crippen LogP contribution in [0.4, 0.5) is 0 Å². The molecule has 0 aliphatic carbocycles. The largest absolute Gasteiger partial charge is 0.497 e. The molecular weight excluding hydrogens is 869 g/mol. The van der Waals surface area contributed by atoms with Crippen molar-refractivity contribution in [2.75, 3.05) is 20.8 Å². The Morgan fingerprint density at radius 1 is 0.493 bits per heavy atom. The summed E-state index contributed by atoms with van der Waals surface area (Å²) < 4.78 is 67.4. The lowest BCUT2D eigenvalue weighted by molar-refractivity contribution is -0.358. The van der Waals surface area contributed by atoms with Gasteiger partial charge in [0.05, 0.1) is 42.1 Å². The van der Waals surface area contributed by atoms with Crippen LogP contribution in [0.5, 0.6) is 5.75 Å². The molecule has 0 saturated carbocycles. The zero-order valence-corrected chi connectivity index (χ0v) is 37.1. The van der Waals surface area contributed by atoms with Crippen LogP contribution in [0.1, 0.15) is 60.8 Å². The molecule has 2 aliphatic heterocycles. The van der Waals surface area contributed by atoms with Crippen LogP contribution in [0.15, 0.2) is 146 Å². The molecule has 2 aliphatic rings. The maximum atomic E-state index is 14.2. The molecule has 0 bridgehead atoms. The quantitative estimate of drug-likeness (QED) is 0.0722. The highest BCUT2D eigenvalue weighted by molar-refractivity contribution is 5.91. The van der Waals surface area contributed by atoms with Gasteiger partial charge < -0.3 is 52.1 Å². The Kier molecular flexibility index (Phi) is 16.5. The number of carbonyl (C=O) groups is 5. The molecule has 5 aromatic rings. The van der Waals surface area contributed by atoms with Crippen molar-refractivity contribution in [3.05, 3.63) is 173 Å². The van der Waals surface area contributed by atoms with Gasteiger partial charge in [-0.05, 0) is 73.2 Å². The van der Waals surface area contributed by atoms with Crippen LogP contribution in [-0.4, -0.2) is 112 Å². The van der Waals surface area contributed by atoms with E-state index in [-0.39, 0.29) is 28.9 Å². The first-order chi connectivity index (χ1) is 32.5. The molecule has 0 amide bonds. The lowest BCUT2D eigenvalue weighted by Crippen LogP contribution is -2.66. The van der Waals surface area contributed by atoms with Crippen LogP contribution in [0, 0.1) is 0 Å². The van der Waals surface area contributed by atoms with E-state index in [0.717, 1.165) is 5.56 Å². The zero-order chi connectivity index (χ0) is 47.3. The summed E-state index contributed by atoms with van der Waals surface area (Å²) in [5.74, 6) is -3.52. The van der Waals surface area contributed by atoms with Crippen molar-refractivity contribution in [1.82, 2.24) is 0 Å². The predicted molar refractivity (Wildman–Crippen MR) is 236 cm³/mol. The molecule has 67 heavy (non-hydrogen) atoms. The minimum absolute atomic E-state index is 0.0114. The first kappa shape index (κ1) is 48.0. The van der Waals surface area contributed by atoms with Gasteiger partial charge in [-0.1, -0.05) is 84.9 Å². The second-order valence-electron chi connectivity index (χ2n) is 15.5. The van der Waals surface area contributed by atoms with E-state index in [4.69, 9.17) is 52.1 Å². The molecule has 0 unspecified atom stereocenters. The third kappa shape index (κ3) is 12.3. The normalized spacial score (nSPS) is 24.6. The molecule has 2 saturated heterocycles. The molecule has 2 heterocycles.